The fourth-order valence-electron chi connectivity index (χ4n) is 3.15. The van der Waals surface area contributed by atoms with Gasteiger partial charge in [0.2, 0.25) is 5.91 Å². The van der Waals surface area contributed by atoms with Crippen molar-refractivity contribution in [3.05, 3.63) is 66.9 Å². The van der Waals surface area contributed by atoms with E-state index in [0.717, 1.165) is 12.8 Å². The number of hydrogen-bond acceptors (Lipinski definition) is 7. The summed E-state index contributed by atoms with van der Waals surface area (Å²) in [5, 5.41) is 5.57. The van der Waals surface area contributed by atoms with Gasteiger partial charge in [0.15, 0.2) is 17.3 Å². The Hall–Kier alpha value is -4.47. The molecule has 0 atom stereocenters. The molecule has 2 amide bonds. The Morgan fingerprint density at radius 2 is 1.88 bits per heavy atom. The molecule has 4 aromatic rings. The number of rotatable bonds is 6. The van der Waals surface area contributed by atoms with Crippen molar-refractivity contribution in [3.63, 3.8) is 0 Å². The van der Waals surface area contributed by atoms with Crippen LogP contribution in [-0.4, -0.2) is 31.2 Å². The second kappa shape index (κ2) is 7.99. The number of amides is 2. The molecule has 32 heavy (non-hydrogen) atoms. The van der Waals surface area contributed by atoms with Crippen LogP contribution in [0.1, 0.15) is 23.3 Å². The number of nitrogen functional groups attached to an aromatic ring is 1. The molecular formula is C22H19N7O3. The molecule has 3 heterocycles. The topological polar surface area (TPSA) is 137 Å². The quantitative estimate of drug-likeness (QED) is 0.428. The molecule has 0 unspecified atom stereocenters. The Morgan fingerprint density at radius 3 is 2.69 bits per heavy atom. The van der Waals surface area contributed by atoms with E-state index in [4.69, 9.17) is 10.5 Å². The van der Waals surface area contributed by atoms with Crippen LogP contribution in [0, 0.1) is 5.92 Å². The van der Waals surface area contributed by atoms with Gasteiger partial charge in [-0.3, -0.25) is 9.59 Å². The average Bonchev–Trinajstić information content (AvgIpc) is 3.55. The van der Waals surface area contributed by atoms with Gasteiger partial charge in [-0.15, -0.1) is 0 Å². The van der Waals surface area contributed by atoms with Crippen LogP contribution in [-0.2, 0) is 4.79 Å². The number of imidazole rings is 1. The van der Waals surface area contributed by atoms with Gasteiger partial charge in [-0.1, -0.05) is 6.07 Å². The summed E-state index contributed by atoms with van der Waals surface area (Å²) < 4.78 is 7.71. The normalized spacial score (nSPS) is 13.0. The van der Waals surface area contributed by atoms with Crippen LogP contribution in [0.2, 0.25) is 0 Å². The molecule has 10 heteroatoms. The highest BCUT2D eigenvalue weighted by molar-refractivity contribution is 6.05. The lowest BCUT2D eigenvalue weighted by Gasteiger charge is -2.09. The minimum absolute atomic E-state index is 0.00646. The van der Waals surface area contributed by atoms with Gasteiger partial charge >= 0.3 is 0 Å². The van der Waals surface area contributed by atoms with E-state index in [-0.39, 0.29) is 23.3 Å². The minimum Gasteiger partial charge on any atom is -0.456 e. The Bertz CT molecular complexity index is 1330. The maximum absolute atomic E-state index is 12.4. The summed E-state index contributed by atoms with van der Waals surface area (Å²) >= 11 is 0. The van der Waals surface area contributed by atoms with Gasteiger partial charge < -0.3 is 25.5 Å². The standard InChI is InChI=1S/C22H19N7O3/c23-20-19(24-8-9-25-20)22(31)26-14-2-1-3-15(10-14)32-16-6-7-18-27-17(12-29(18)11-16)28-21(30)13-4-5-13/h1-3,6-13H,4-5H2,(H2,23,25)(H,26,31)(H,28,30). The molecule has 0 bridgehead atoms. The molecule has 0 saturated heterocycles. The van der Waals surface area contributed by atoms with Crippen LogP contribution in [0.25, 0.3) is 5.65 Å². The van der Waals surface area contributed by atoms with Gasteiger partial charge in [0.1, 0.15) is 17.1 Å². The van der Waals surface area contributed by atoms with E-state index in [1.165, 1.54) is 12.4 Å². The number of nitrogens with two attached hydrogens (primary N) is 1. The first kappa shape index (κ1) is 19.5. The van der Waals surface area contributed by atoms with Crippen molar-refractivity contribution in [3.8, 4) is 11.5 Å². The highest BCUT2D eigenvalue weighted by atomic mass is 16.5. The zero-order valence-electron chi connectivity index (χ0n) is 16.9. The zero-order chi connectivity index (χ0) is 22.1. The Balaban J connectivity index is 1.30. The van der Waals surface area contributed by atoms with Crippen molar-refractivity contribution in [1.29, 1.82) is 0 Å². The largest absolute Gasteiger partial charge is 0.456 e. The number of benzene rings is 1. The second-order valence-corrected chi connectivity index (χ2v) is 7.39. The predicted octanol–water partition coefficient (Wildman–Crippen LogP) is 3.10. The summed E-state index contributed by atoms with van der Waals surface area (Å²) in [6, 6.07) is 10.5. The summed E-state index contributed by atoms with van der Waals surface area (Å²) in [7, 11) is 0. The Morgan fingerprint density at radius 1 is 1.03 bits per heavy atom. The third-order valence-corrected chi connectivity index (χ3v) is 4.89. The van der Waals surface area contributed by atoms with E-state index in [0.29, 0.717) is 28.7 Å². The van der Waals surface area contributed by atoms with Crippen LogP contribution < -0.4 is 21.1 Å². The minimum atomic E-state index is -0.464. The first-order valence-corrected chi connectivity index (χ1v) is 10.0. The number of nitrogens with zero attached hydrogens (tertiary/aromatic N) is 4. The van der Waals surface area contributed by atoms with Crippen LogP contribution in [0.4, 0.5) is 17.3 Å². The molecule has 1 aliphatic rings. The van der Waals surface area contributed by atoms with Crippen molar-refractivity contribution >= 4 is 34.8 Å². The number of ether oxygens (including phenoxy) is 1. The summed E-state index contributed by atoms with van der Waals surface area (Å²) in [6.07, 6.45) is 8.19. The molecule has 4 N–H and O–H groups in total. The van der Waals surface area contributed by atoms with E-state index in [1.807, 2.05) is 0 Å². The van der Waals surface area contributed by atoms with Gasteiger partial charge in [-0.05, 0) is 37.1 Å². The zero-order valence-corrected chi connectivity index (χ0v) is 16.9. The molecular weight excluding hydrogens is 410 g/mol. The van der Waals surface area contributed by atoms with Crippen molar-refractivity contribution in [1.82, 2.24) is 19.4 Å². The molecule has 0 spiro atoms. The first-order valence-electron chi connectivity index (χ1n) is 10.0. The number of hydrogen-bond donors (Lipinski definition) is 3. The fourth-order valence-corrected chi connectivity index (χ4v) is 3.15. The van der Waals surface area contributed by atoms with Crippen molar-refractivity contribution < 1.29 is 14.3 Å². The van der Waals surface area contributed by atoms with Crippen LogP contribution in [0.5, 0.6) is 11.5 Å². The number of anilines is 3. The Labute approximate surface area is 182 Å². The molecule has 10 nitrogen and oxygen atoms in total. The van der Waals surface area contributed by atoms with Crippen LogP contribution in [0.3, 0.4) is 0 Å². The highest BCUT2D eigenvalue weighted by Crippen LogP contribution is 2.30. The molecule has 1 saturated carbocycles. The number of carbonyl (C=O) groups excluding carboxylic acids is 2. The van der Waals surface area contributed by atoms with Gasteiger partial charge in [0.25, 0.3) is 5.91 Å². The van der Waals surface area contributed by atoms with Crippen LogP contribution >= 0.6 is 0 Å². The third-order valence-electron chi connectivity index (χ3n) is 4.89. The highest BCUT2D eigenvalue weighted by Gasteiger charge is 2.30. The number of pyridine rings is 1. The summed E-state index contributed by atoms with van der Waals surface area (Å²) in [6.45, 7) is 0. The molecule has 0 radical (unpaired) electrons. The summed E-state index contributed by atoms with van der Waals surface area (Å²) in [4.78, 5) is 36.6. The van der Waals surface area contributed by atoms with E-state index < -0.39 is 5.91 Å². The van der Waals surface area contributed by atoms with Gasteiger partial charge in [-0.25, -0.2) is 15.0 Å². The van der Waals surface area contributed by atoms with Gasteiger partial charge in [-0.2, -0.15) is 0 Å². The third kappa shape index (κ3) is 4.19. The smallest absolute Gasteiger partial charge is 0.278 e. The number of aromatic nitrogens is 4. The molecule has 5 rings (SSSR count). The summed E-state index contributed by atoms with van der Waals surface area (Å²) in [5.74, 6) is 1.30. The van der Waals surface area contributed by atoms with Gasteiger partial charge in [0, 0.05) is 30.1 Å². The molecule has 3 aromatic heterocycles. The SMILES string of the molecule is Nc1nccnc1C(=O)Nc1cccc(Oc2ccc3nc(NC(=O)C4CC4)cn3c2)c1. The maximum Gasteiger partial charge on any atom is 0.278 e. The van der Waals surface area contributed by atoms with Crippen molar-refractivity contribution in [2.75, 3.05) is 16.4 Å². The number of nitrogens with one attached hydrogen (secondary N) is 2. The lowest BCUT2D eigenvalue weighted by molar-refractivity contribution is -0.117. The van der Waals surface area contributed by atoms with E-state index in [2.05, 4.69) is 25.6 Å². The molecule has 1 aliphatic carbocycles. The summed E-state index contributed by atoms with van der Waals surface area (Å²) in [5.41, 5.74) is 6.96. The Kier molecular flexibility index (Phi) is 4.86. The monoisotopic (exact) mass is 429 g/mol. The molecule has 160 valence electrons. The average molecular weight is 429 g/mol. The molecule has 1 fully saturated rings. The van der Waals surface area contributed by atoms with E-state index >= 15 is 0 Å². The fraction of sp³-hybridized carbons (Fsp3) is 0.136. The molecule has 1 aromatic carbocycles. The lowest BCUT2D eigenvalue weighted by Crippen LogP contribution is -2.16. The second-order valence-electron chi connectivity index (χ2n) is 7.39. The number of fused-ring (bicyclic) bond motifs is 1. The molecule has 0 aliphatic heterocycles. The maximum atomic E-state index is 12.4. The van der Waals surface area contributed by atoms with E-state index in [9.17, 15) is 9.59 Å². The van der Waals surface area contributed by atoms with Crippen molar-refractivity contribution in [2.45, 2.75) is 12.8 Å². The van der Waals surface area contributed by atoms with Crippen LogP contribution in [0.15, 0.2) is 61.2 Å². The number of carbonyl (C=O) groups is 2. The van der Waals surface area contributed by atoms with Crippen molar-refractivity contribution in [2.24, 2.45) is 5.92 Å². The lowest BCUT2D eigenvalue weighted by atomic mass is 10.3. The van der Waals surface area contributed by atoms with E-state index in [1.54, 1.807) is 53.2 Å². The predicted molar refractivity (Wildman–Crippen MR) is 117 cm³/mol. The van der Waals surface area contributed by atoms with Gasteiger partial charge in [0.05, 0.1) is 12.4 Å². The first-order chi connectivity index (χ1) is 15.5.